The van der Waals surface area contributed by atoms with E-state index in [4.69, 9.17) is 16.0 Å². The van der Waals surface area contributed by atoms with E-state index in [1.165, 1.54) is 12.7 Å². The summed E-state index contributed by atoms with van der Waals surface area (Å²) in [5.41, 5.74) is 1.86. The van der Waals surface area contributed by atoms with Crippen molar-refractivity contribution in [2.24, 2.45) is 33.7 Å². The van der Waals surface area contributed by atoms with E-state index in [0.29, 0.717) is 29.7 Å². The van der Waals surface area contributed by atoms with Crippen molar-refractivity contribution in [3.63, 3.8) is 0 Å². The molecule has 0 unspecified atom stereocenters. The molecule has 1 amide bonds. The molecule has 2 N–H and O–H groups in total. The summed E-state index contributed by atoms with van der Waals surface area (Å²) in [5, 5.41) is 18.2. The van der Waals surface area contributed by atoms with Crippen molar-refractivity contribution in [1.82, 2.24) is 5.32 Å². The average molecular weight is 533 g/mol. The quantitative estimate of drug-likeness (QED) is 0.314. The highest BCUT2D eigenvalue weighted by molar-refractivity contribution is 5.96. The molecule has 5 rings (SSSR count). The van der Waals surface area contributed by atoms with Crippen LogP contribution >= 0.6 is 0 Å². The minimum Gasteiger partial charge on any atom is -0.467 e. The molecule has 0 radical (unpaired) electrons. The van der Waals surface area contributed by atoms with E-state index >= 15 is 0 Å². The molecule has 1 aromatic rings. The van der Waals surface area contributed by atoms with E-state index < -0.39 is 23.5 Å². The number of methoxy groups -OCH3 is 1. The molecule has 208 valence electrons. The lowest BCUT2D eigenvalue weighted by Crippen LogP contribution is -2.54. The lowest BCUT2D eigenvalue weighted by molar-refractivity contribution is -0.145. The summed E-state index contributed by atoms with van der Waals surface area (Å²) < 4.78 is 4.86. The molecule has 3 fully saturated rings. The van der Waals surface area contributed by atoms with E-state index in [1.54, 1.807) is 24.3 Å². The number of nitrogens with zero attached hydrogens (tertiary/aromatic N) is 1. The van der Waals surface area contributed by atoms with Crippen molar-refractivity contribution < 1.29 is 24.3 Å². The number of nitrogens with one attached hydrogen (secondary N) is 1. The molecule has 7 nitrogen and oxygen atoms in total. The molecule has 1 aromatic carbocycles. The van der Waals surface area contributed by atoms with Gasteiger partial charge in [-0.2, -0.15) is 0 Å². The van der Waals surface area contributed by atoms with Gasteiger partial charge in [-0.1, -0.05) is 60.8 Å². The summed E-state index contributed by atoms with van der Waals surface area (Å²) in [7, 11) is 1.29. The van der Waals surface area contributed by atoms with Crippen LogP contribution in [0.3, 0.4) is 0 Å². The summed E-state index contributed by atoms with van der Waals surface area (Å²) in [6, 6.07) is 8.06. The monoisotopic (exact) mass is 532 g/mol. The minimum atomic E-state index is -0.979. The SMILES string of the molecule is C#C[C@@]1(O)CC[C@H]2[C@@H]3CCC4=C/C(=N\OCC(=O)N[C@@H](C(=O)OC)c5ccccc5)CC[C@]4(C)[C@H]3CC[C@@]21C. The van der Waals surface area contributed by atoms with E-state index in [1.807, 2.05) is 6.07 Å². The third-order valence-corrected chi connectivity index (χ3v) is 10.6. The van der Waals surface area contributed by atoms with Crippen LogP contribution in [-0.2, 0) is 19.2 Å². The second-order valence-electron chi connectivity index (χ2n) is 12.3. The van der Waals surface area contributed by atoms with Gasteiger partial charge in [0.1, 0.15) is 5.60 Å². The zero-order valence-corrected chi connectivity index (χ0v) is 23.2. The number of terminal acetylenes is 1. The number of allylic oxidation sites excluding steroid dienone is 2. The van der Waals surface area contributed by atoms with Crippen molar-refractivity contribution in [3.05, 3.63) is 47.5 Å². The summed E-state index contributed by atoms with van der Waals surface area (Å²) in [5.74, 6) is 3.41. The number of aliphatic hydroxyl groups is 1. The van der Waals surface area contributed by atoms with Crippen LogP contribution in [0.5, 0.6) is 0 Å². The van der Waals surface area contributed by atoms with Gasteiger partial charge < -0.3 is 20.0 Å². The number of hydrogen-bond donors (Lipinski definition) is 2. The number of fused-ring (bicyclic) bond motifs is 5. The van der Waals surface area contributed by atoms with E-state index in [-0.39, 0.29) is 17.4 Å². The van der Waals surface area contributed by atoms with E-state index in [0.717, 1.165) is 50.7 Å². The Hall–Kier alpha value is -3.11. The van der Waals surface area contributed by atoms with Crippen molar-refractivity contribution in [2.45, 2.75) is 76.9 Å². The molecule has 0 aromatic heterocycles. The molecular formula is C32H40N2O5. The Morgan fingerprint density at radius 3 is 2.59 bits per heavy atom. The van der Waals surface area contributed by atoms with Gasteiger partial charge in [0.15, 0.2) is 12.6 Å². The Morgan fingerprint density at radius 2 is 1.87 bits per heavy atom. The van der Waals surface area contributed by atoms with Gasteiger partial charge in [-0.25, -0.2) is 4.79 Å². The summed E-state index contributed by atoms with van der Waals surface area (Å²) in [6.45, 7) is 4.34. The largest absolute Gasteiger partial charge is 0.467 e. The third kappa shape index (κ3) is 4.67. The molecule has 0 heterocycles. The van der Waals surface area contributed by atoms with Crippen LogP contribution < -0.4 is 5.32 Å². The topological polar surface area (TPSA) is 97.2 Å². The number of esters is 1. The van der Waals surface area contributed by atoms with Gasteiger partial charge in [0.2, 0.25) is 0 Å². The number of amides is 1. The van der Waals surface area contributed by atoms with Crippen molar-refractivity contribution in [2.75, 3.05) is 13.7 Å². The highest BCUT2D eigenvalue weighted by atomic mass is 16.6. The first-order valence-electron chi connectivity index (χ1n) is 14.2. The number of ether oxygens (including phenoxy) is 1. The number of oxime groups is 1. The van der Waals surface area contributed by atoms with Gasteiger partial charge in [-0.15, -0.1) is 6.42 Å². The highest BCUT2D eigenvalue weighted by Crippen LogP contribution is 2.67. The Balaban J connectivity index is 1.22. The van der Waals surface area contributed by atoms with Crippen LogP contribution in [-0.4, -0.2) is 42.0 Å². The number of carbonyl (C=O) groups excluding carboxylic acids is 2. The average Bonchev–Trinajstić information content (AvgIpc) is 3.22. The van der Waals surface area contributed by atoms with Crippen LogP contribution in [0, 0.1) is 40.9 Å². The molecule has 39 heavy (non-hydrogen) atoms. The second-order valence-corrected chi connectivity index (χ2v) is 12.3. The van der Waals surface area contributed by atoms with Gasteiger partial charge in [0, 0.05) is 5.41 Å². The standard InChI is InChI=1S/C32H40N2O5/c1-5-32(37)18-15-26-24-12-11-22-19-23(13-16-30(22,2)25(24)14-17-31(26,32)3)34-39-20-27(35)33-28(29(36)38-4)21-9-7-6-8-10-21/h1,6-10,19,24-26,28,37H,11-18,20H2,2-4H3,(H,33,35)/b34-23-/t24-,25+,26+,28-,30+,31+,32-/m1/s1. The van der Waals surface area contributed by atoms with Crippen LogP contribution in [0.4, 0.5) is 0 Å². The maximum Gasteiger partial charge on any atom is 0.333 e. The van der Waals surface area contributed by atoms with Gasteiger partial charge in [-0.3, -0.25) is 4.79 Å². The summed E-state index contributed by atoms with van der Waals surface area (Å²) >= 11 is 0. The van der Waals surface area contributed by atoms with Crippen molar-refractivity contribution in [3.8, 4) is 12.3 Å². The first kappa shape index (κ1) is 27.5. The molecular weight excluding hydrogens is 492 g/mol. The van der Waals surface area contributed by atoms with Gasteiger partial charge in [0.05, 0.1) is 12.8 Å². The number of benzene rings is 1. The smallest absolute Gasteiger partial charge is 0.333 e. The fraction of sp³-hybridized carbons (Fsp3) is 0.594. The fourth-order valence-electron chi connectivity index (χ4n) is 8.31. The normalized spacial score (nSPS) is 36.8. The van der Waals surface area contributed by atoms with Crippen LogP contribution in [0.1, 0.15) is 76.8 Å². The third-order valence-electron chi connectivity index (χ3n) is 10.6. The maximum atomic E-state index is 12.6. The van der Waals surface area contributed by atoms with E-state index in [9.17, 15) is 14.7 Å². The molecule has 7 atom stereocenters. The summed E-state index contributed by atoms with van der Waals surface area (Å²) in [6.07, 6.45) is 15.7. The van der Waals surface area contributed by atoms with Crippen LogP contribution in [0.2, 0.25) is 0 Å². The number of hydrogen-bond acceptors (Lipinski definition) is 6. The van der Waals surface area contributed by atoms with Gasteiger partial charge >= 0.3 is 5.97 Å². The fourth-order valence-corrected chi connectivity index (χ4v) is 8.31. The zero-order chi connectivity index (χ0) is 27.8. The molecule has 3 saturated carbocycles. The predicted octanol–water partition coefficient (Wildman–Crippen LogP) is 4.72. The highest BCUT2D eigenvalue weighted by Gasteiger charge is 2.63. The molecule has 4 aliphatic carbocycles. The first-order chi connectivity index (χ1) is 18.6. The first-order valence-corrected chi connectivity index (χ1v) is 14.2. The van der Waals surface area contributed by atoms with Crippen molar-refractivity contribution in [1.29, 1.82) is 0 Å². The van der Waals surface area contributed by atoms with Gasteiger partial charge in [-0.05, 0) is 86.2 Å². The Bertz CT molecular complexity index is 1220. The minimum absolute atomic E-state index is 0.112. The molecule has 7 heteroatoms. The molecule has 0 spiro atoms. The van der Waals surface area contributed by atoms with Crippen LogP contribution in [0.15, 0.2) is 47.1 Å². The number of rotatable bonds is 6. The maximum absolute atomic E-state index is 12.6. The molecule has 0 saturated heterocycles. The van der Waals surface area contributed by atoms with Crippen LogP contribution in [0.25, 0.3) is 0 Å². The molecule has 0 aliphatic heterocycles. The molecule has 0 bridgehead atoms. The Kier molecular flexibility index (Phi) is 7.37. The van der Waals surface area contributed by atoms with Gasteiger partial charge in [0.25, 0.3) is 5.91 Å². The molecule has 4 aliphatic rings. The summed E-state index contributed by atoms with van der Waals surface area (Å²) in [4.78, 5) is 30.2. The van der Waals surface area contributed by atoms with E-state index in [2.05, 4.69) is 36.3 Å². The Morgan fingerprint density at radius 1 is 1.13 bits per heavy atom. The van der Waals surface area contributed by atoms with Crippen molar-refractivity contribution >= 4 is 17.6 Å². The predicted molar refractivity (Wildman–Crippen MR) is 148 cm³/mol. The second kappa shape index (κ2) is 10.5. The zero-order valence-electron chi connectivity index (χ0n) is 23.2. The Labute approximate surface area is 231 Å². The lowest BCUT2D eigenvalue weighted by Gasteiger charge is -2.58. The number of carbonyl (C=O) groups is 2. The lowest BCUT2D eigenvalue weighted by atomic mass is 9.46.